The van der Waals surface area contributed by atoms with E-state index in [2.05, 4.69) is 0 Å². The maximum absolute atomic E-state index is 14.0. The predicted molar refractivity (Wildman–Crippen MR) is 355 cm³/mol. The van der Waals surface area contributed by atoms with E-state index in [-0.39, 0.29) is 60.8 Å². The van der Waals surface area contributed by atoms with Crippen molar-refractivity contribution in [2.24, 2.45) is 11.5 Å². The Labute approximate surface area is 572 Å². The monoisotopic (exact) mass is 1420 g/mol. The Bertz CT molecular complexity index is 3650. The average Bonchev–Trinajstić information content (AvgIpc) is 0.791. The Kier molecular flexibility index (Phi) is 26.0. The minimum atomic E-state index is -1.35. The number of aliphatic hydroxyl groups is 6. The zero-order chi connectivity index (χ0) is 69.4. The number of aryl methyl sites for hydroxylation is 2. The molecule has 4 fully saturated rings. The van der Waals surface area contributed by atoms with Crippen LogP contribution in [0.1, 0.15) is 106 Å². The lowest BCUT2D eigenvalue weighted by Gasteiger charge is -2.40. The number of benzene rings is 6. The normalized spacial score (nSPS) is 24.0. The molecule has 0 spiro atoms. The maximum Gasteiger partial charge on any atom is 0.224 e. The van der Waals surface area contributed by atoms with Crippen molar-refractivity contribution in [3.63, 3.8) is 0 Å². The van der Waals surface area contributed by atoms with Crippen molar-refractivity contribution < 1.29 is 85.5 Å². The van der Waals surface area contributed by atoms with Crippen molar-refractivity contribution in [2.75, 3.05) is 38.7 Å². The van der Waals surface area contributed by atoms with Crippen LogP contribution in [0.15, 0.2) is 97.1 Å². The first kappa shape index (κ1) is 74.5. The highest BCUT2D eigenvalue weighted by atomic mass is 35.5. The van der Waals surface area contributed by atoms with Crippen LogP contribution in [-0.2, 0) is 44.7 Å². The second-order valence-corrected chi connectivity index (χ2v) is 27.6. The highest BCUT2D eigenvalue weighted by Crippen LogP contribution is 2.41. The molecule has 4 heterocycles. The van der Waals surface area contributed by atoms with Gasteiger partial charge in [-0.25, -0.2) is 26.3 Å². The summed E-state index contributed by atoms with van der Waals surface area (Å²) in [6, 6.07) is 23.7. The van der Waals surface area contributed by atoms with Gasteiger partial charge in [0.2, 0.25) is 11.8 Å². The Balaban J connectivity index is 0.000000225. The minimum absolute atomic E-state index is 0.0460. The van der Waals surface area contributed by atoms with Gasteiger partial charge in [-0.15, -0.1) is 23.5 Å². The molecule has 0 bridgehead atoms. The van der Waals surface area contributed by atoms with Crippen molar-refractivity contribution in [3.8, 4) is 11.5 Å². The molecule has 0 saturated carbocycles. The van der Waals surface area contributed by atoms with Crippen LogP contribution >= 0.6 is 46.7 Å². The third kappa shape index (κ3) is 18.6. The van der Waals surface area contributed by atoms with Crippen LogP contribution in [-0.4, -0.2) is 163 Å². The molecule has 26 heteroatoms. The number of likely N-dealkylation sites (tertiary alicyclic amines) is 2. The number of hydrogen-bond acceptors (Lipinski definition) is 16. The van der Waals surface area contributed by atoms with Gasteiger partial charge in [0.15, 0.2) is 23.3 Å². The highest BCUT2D eigenvalue weighted by molar-refractivity contribution is 7.99. The first-order valence-corrected chi connectivity index (χ1v) is 34.9. The molecule has 520 valence electrons. The SMILES string of the molecule is CS[C@H]1O[C@@H](c2cc(C)c(Cl)c(Cc3ccc(OC4CCN(C(=O)CC(N)Cc5cc(F)c(F)cc5F)CC4)cc3)c2)[C@H](O)[C@@H](O)[C@@H]1O.CS[C@H]1O[C@@H](c2cc(Cc3ccc(OC4CCN(C(=O)CC(N)Cc5cc(F)c(F)cc5F)CC4)cc3)c(Cl)cc2C)[C@H](O)[C@@H](O)[C@@H]1O. The van der Waals surface area contributed by atoms with E-state index in [1.54, 1.807) is 22.3 Å². The number of ether oxygens (including phenoxy) is 4. The van der Waals surface area contributed by atoms with Gasteiger partial charge in [-0.3, -0.25) is 9.59 Å². The van der Waals surface area contributed by atoms with Crippen LogP contribution in [0.4, 0.5) is 26.3 Å². The molecule has 2 unspecified atom stereocenters. The number of halogens is 8. The van der Waals surface area contributed by atoms with E-state index in [1.807, 2.05) is 86.6 Å². The average molecular weight is 1420 g/mol. The van der Waals surface area contributed by atoms with Gasteiger partial charge in [-0.1, -0.05) is 65.7 Å². The summed E-state index contributed by atoms with van der Waals surface area (Å²) in [4.78, 5) is 29.0. The molecule has 10 N–H and O–H groups in total. The summed E-state index contributed by atoms with van der Waals surface area (Å²) in [5, 5.41) is 63.9. The quantitative estimate of drug-likeness (QED) is 0.0262. The van der Waals surface area contributed by atoms with E-state index in [0.717, 1.165) is 45.5 Å². The molecule has 6 aromatic carbocycles. The summed E-state index contributed by atoms with van der Waals surface area (Å²) in [5.41, 5.74) is 17.1. The van der Waals surface area contributed by atoms with Crippen LogP contribution in [0.2, 0.25) is 10.0 Å². The molecule has 0 aromatic heterocycles. The fourth-order valence-corrected chi connectivity index (χ4v) is 14.3. The molecule has 4 aliphatic rings. The van der Waals surface area contributed by atoms with Gasteiger partial charge in [0.05, 0.1) is 0 Å². The van der Waals surface area contributed by atoms with Crippen LogP contribution in [0.3, 0.4) is 0 Å². The first-order valence-electron chi connectivity index (χ1n) is 31.6. The molecule has 10 rings (SSSR count). The van der Waals surface area contributed by atoms with E-state index in [4.69, 9.17) is 53.6 Å². The molecule has 0 aliphatic carbocycles. The third-order valence-electron chi connectivity index (χ3n) is 17.9. The van der Waals surface area contributed by atoms with Crippen LogP contribution in [0, 0.1) is 48.8 Å². The lowest BCUT2D eigenvalue weighted by molar-refractivity contribution is -0.200. The molecule has 2 amide bonds. The predicted octanol–water partition coefficient (Wildman–Crippen LogP) is 9.66. The summed E-state index contributed by atoms with van der Waals surface area (Å²) in [7, 11) is 0. The first-order chi connectivity index (χ1) is 45.7. The van der Waals surface area contributed by atoms with Crippen molar-refractivity contribution in [1.82, 2.24) is 9.80 Å². The van der Waals surface area contributed by atoms with Crippen LogP contribution < -0.4 is 20.9 Å². The number of amides is 2. The highest BCUT2D eigenvalue weighted by Gasteiger charge is 2.46. The number of piperidine rings is 2. The molecule has 16 nitrogen and oxygen atoms in total. The molecule has 6 aromatic rings. The van der Waals surface area contributed by atoms with E-state index >= 15 is 0 Å². The van der Waals surface area contributed by atoms with Crippen molar-refractivity contribution in [2.45, 2.75) is 162 Å². The molecule has 12 atom stereocenters. The lowest BCUT2D eigenvalue weighted by atomic mass is 9.90. The smallest absolute Gasteiger partial charge is 0.224 e. The standard InChI is InChI=1S/2C35H40ClF3N2O6S/c1-18-11-22(34-32(44)31(43)33(45)35(47-34)48-2)13-21(30(18)36)12-19-3-5-24(6-4-19)46-25-7-9-41(10-8-25)29(42)16-23(40)14-20-15-27(38)28(39)17-26(20)37;1-18-11-26(36)20(14-25(18)34-32(44)31(43)33(45)35(47-34)48-2)12-19-3-5-23(6-4-19)46-24-7-9-41(10-8-24)30(42)16-22(40)13-21-15-28(38)29(39)17-27(21)37/h3-6,11,13,15,17,23,25,31-35,43-45H,7-10,12,14,16,40H2,1-2H3;3-6,11,14-15,17,22,24,31-35,43-45H,7-10,12-13,16,40H2,1-2H3/t23?,31-,32-,33+,34+,35-;22?,31-,32-,33+,34+,35-/m11/s1. The second-order valence-electron chi connectivity index (χ2n) is 25.0. The van der Waals surface area contributed by atoms with Crippen LogP contribution in [0.25, 0.3) is 0 Å². The van der Waals surface area contributed by atoms with Crippen molar-refractivity contribution in [1.29, 1.82) is 0 Å². The zero-order valence-electron chi connectivity index (χ0n) is 53.2. The molecular weight excluding hydrogens is 1340 g/mol. The summed E-state index contributed by atoms with van der Waals surface area (Å²) in [6.07, 6.45) is -2.88. The fourth-order valence-electron chi connectivity index (χ4n) is 12.5. The Morgan fingerprint density at radius 3 is 1.36 bits per heavy atom. The van der Waals surface area contributed by atoms with Gasteiger partial charge in [-0.2, -0.15) is 0 Å². The number of nitrogens with zero attached hydrogens (tertiary/aromatic N) is 2. The number of nitrogens with two attached hydrogens (primary N) is 2. The molecule has 4 saturated heterocycles. The molecular formula is C70H80Cl2F6N4O12S2. The van der Waals surface area contributed by atoms with Gasteiger partial charge in [0, 0.05) is 99.0 Å². The van der Waals surface area contributed by atoms with E-state index in [9.17, 15) is 66.6 Å². The molecule has 4 aliphatic heterocycles. The second kappa shape index (κ2) is 33.5. The number of thioether (sulfide) groups is 2. The summed E-state index contributed by atoms with van der Waals surface area (Å²) >= 11 is 15.8. The van der Waals surface area contributed by atoms with Gasteiger partial charge in [0.25, 0.3) is 0 Å². The molecule has 96 heavy (non-hydrogen) atoms. The minimum Gasteiger partial charge on any atom is -0.490 e. The lowest BCUT2D eigenvalue weighted by Crippen LogP contribution is -2.53. The largest absolute Gasteiger partial charge is 0.490 e. The van der Waals surface area contributed by atoms with Gasteiger partial charge >= 0.3 is 0 Å². The van der Waals surface area contributed by atoms with Gasteiger partial charge < -0.3 is 70.9 Å². The van der Waals surface area contributed by atoms with Crippen LogP contribution in [0.5, 0.6) is 11.5 Å². The topological polar surface area (TPSA) is 251 Å². The number of aliphatic hydroxyl groups excluding tert-OH is 6. The van der Waals surface area contributed by atoms with Crippen molar-refractivity contribution >= 4 is 58.5 Å². The Morgan fingerprint density at radius 1 is 0.521 bits per heavy atom. The summed E-state index contributed by atoms with van der Waals surface area (Å²) in [6.45, 7) is 5.59. The Morgan fingerprint density at radius 2 is 0.927 bits per heavy atom. The third-order valence-corrected chi connectivity index (χ3v) is 20.5. The fraction of sp³-hybridized carbons (Fsp3) is 0.457. The molecule has 0 radical (unpaired) electrons. The number of carbonyl (C=O) groups excluding carboxylic acids is 2. The number of carbonyl (C=O) groups is 2. The summed E-state index contributed by atoms with van der Waals surface area (Å²) in [5.74, 6) is -5.66. The maximum atomic E-state index is 14.0. The van der Waals surface area contributed by atoms with E-state index < -0.39 is 107 Å². The van der Waals surface area contributed by atoms with Crippen molar-refractivity contribution in [3.05, 3.63) is 198 Å². The number of rotatable bonds is 20. The Hall–Kier alpha value is -5.68. The van der Waals surface area contributed by atoms with Gasteiger partial charge in [0.1, 0.15) is 95.0 Å². The summed E-state index contributed by atoms with van der Waals surface area (Å²) < 4.78 is 106. The van der Waals surface area contributed by atoms with E-state index in [1.165, 1.54) is 23.5 Å². The number of hydrogen-bond donors (Lipinski definition) is 8. The van der Waals surface area contributed by atoms with Gasteiger partial charge in [-0.05, 0) is 150 Å². The van der Waals surface area contributed by atoms with E-state index in [0.29, 0.717) is 110 Å². The zero-order valence-corrected chi connectivity index (χ0v) is 56.4.